The minimum absolute atomic E-state index is 0.163. The van der Waals surface area contributed by atoms with E-state index in [0.29, 0.717) is 5.52 Å². The van der Waals surface area contributed by atoms with Crippen LogP contribution in [0, 0.1) is 5.92 Å². The molecule has 0 spiro atoms. The molecule has 0 saturated heterocycles. The largest absolute Gasteiger partial charge is 0.481 e. The average molecular weight is 286 g/mol. The van der Waals surface area contributed by atoms with E-state index >= 15 is 0 Å². The fourth-order valence-electron chi connectivity index (χ4n) is 1.81. The van der Waals surface area contributed by atoms with Gasteiger partial charge >= 0.3 is 12.1 Å². The zero-order chi connectivity index (χ0) is 14.9. The topological polar surface area (TPSA) is 72.2 Å². The number of halogens is 3. The first-order valence-corrected chi connectivity index (χ1v) is 5.55. The molecule has 5 nitrogen and oxygen atoms in total. The van der Waals surface area contributed by atoms with Crippen molar-refractivity contribution in [1.82, 2.24) is 9.55 Å². The molecule has 0 bridgehead atoms. The van der Waals surface area contributed by atoms with Crippen LogP contribution in [-0.2, 0) is 11.3 Å². The van der Waals surface area contributed by atoms with Gasteiger partial charge in [-0.15, -0.1) is 0 Å². The van der Waals surface area contributed by atoms with Crippen molar-refractivity contribution in [1.29, 1.82) is 0 Å². The number of benzene rings is 1. The average Bonchev–Trinajstić information content (AvgIpc) is 2.35. The zero-order valence-corrected chi connectivity index (χ0v) is 9.96. The van der Waals surface area contributed by atoms with Crippen LogP contribution in [0.5, 0.6) is 0 Å². The highest BCUT2D eigenvalue weighted by atomic mass is 19.4. The van der Waals surface area contributed by atoms with E-state index in [2.05, 4.69) is 4.98 Å². The Morgan fingerprint density at radius 1 is 1.35 bits per heavy atom. The molecule has 2 rings (SSSR count). The van der Waals surface area contributed by atoms with Crippen molar-refractivity contribution in [3.8, 4) is 0 Å². The molecule has 0 radical (unpaired) electrons. The Morgan fingerprint density at radius 2 is 2.00 bits per heavy atom. The van der Waals surface area contributed by atoms with Gasteiger partial charge in [-0.05, 0) is 12.1 Å². The Bertz CT molecular complexity index is 709. The quantitative estimate of drug-likeness (QED) is 0.931. The van der Waals surface area contributed by atoms with Crippen LogP contribution in [-0.4, -0.2) is 26.8 Å². The third-order valence-electron chi connectivity index (χ3n) is 2.81. The lowest BCUT2D eigenvalue weighted by Gasteiger charge is -2.18. The summed E-state index contributed by atoms with van der Waals surface area (Å²) in [7, 11) is 0. The number of aliphatic carboxylic acids is 1. The summed E-state index contributed by atoms with van der Waals surface area (Å²) in [6.45, 7) is -0.985. The number of fused-ring (bicyclic) bond motifs is 1. The van der Waals surface area contributed by atoms with Gasteiger partial charge in [0.2, 0.25) is 0 Å². The fourth-order valence-corrected chi connectivity index (χ4v) is 1.81. The van der Waals surface area contributed by atoms with Crippen LogP contribution in [0.4, 0.5) is 13.2 Å². The third kappa shape index (κ3) is 2.63. The standard InChI is InChI=1S/C12H9F3N2O3/c13-12(14,15)7(11(19)20)6-17-9-4-2-1-3-8(9)16-5-10(17)18/h1-5,7H,6H2,(H,19,20). The van der Waals surface area contributed by atoms with Crippen LogP contribution < -0.4 is 5.56 Å². The highest BCUT2D eigenvalue weighted by Gasteiger charge is 2.45. The molecule has 20 heavy (non-hydrogen) atoms. The van der Waals surface area contributed by atoms with E-state index in [1.54, 1.807) is 6.07 Å². The highest BCUT2D eigenvalue weighted by molar-refractivity contribution is 5.75. The van der Waals surface area contributed by atoms with Gasteiger partial charge in [0.1, 0.15) is 0 Å². The molecule has 0 aliphatic carbocycles. The molecule has 0 aliphatic rings. The number of alkyl halides is 3. The molecule has 1 unspecified atom stereocenters. The maximum atomic E-state index is 12.7. The van der Waals surface area contributed by atoms with Crippen molar-refractivity contribution < 1.29 is 23.1 Å². The minimum Gasteiger partial charge on any atom is -0.481 e. The maximum absolute atomic E-state index is 12.7. The second kappa shape index (κ2) is 4.95. The van der Waals surface area contributed by atoms with E-state index in [-0.39, 0.29) is 5.52 Å². The highest BCUT2D eigenvalue weighted by Crippen LogP contribution is 2.28. The van der Waals surface area contributed by atoms with Gasteiger partial charge in [-0.3, -0.25) is 9.59 Å². The zero-order valence-electron chi connectivity index (χ0n) is 9.96. The first-order valence-electron chi connectivity index (χ1n) is 5.55. The molecule has 1 aromatic heterocycles. The number of hydrogen-bond donors (Lipinski definition) is 1. The Hall–Kier alpha value is -2.38. The number of para-hydroxylation sites is 2. The molecule has 1 N–H and O–H groups in total. The smallest absolute Gasteiger partial charge is 0.403 e. The molecule has 0 saturated carbocycles. The monoisotopic (exact) mass is 286 g/mol. The summed E-state index contributed by atoms with van der Waals surface area (Å²) in [6, 6.07) is 6.08. The predicted molar refractivity (Wildman–Crippen MR) is 63.2 cm³/mol. The van der Waals surface area contributed by atoms with E-state index in [4.69, 9.17) is 5.11 Å². The lowest BCUT2D eigenvalue weighted by atomic mass is 10.1. The van der Waals surface area contributed by atoms with Crippen molar-refractivity contribution in [2.75, 3.05) is 0 Å². The summed E-state index contributed by atoms with van der Waals surface area (Å²) in [6.07, 6.45) is -4.06. The molecule has 1 atom stereocenters. The Labute approximate surface area is 110 Å². The summed E-state index contributed by atoms with van der Waals surface area (Å²) < 4.78 is 38.8. The van der Waals surface area contributed by atoms with E-state index in [1.165, 1.54) is 18.2 Å². The molecule has 2 aromatic rings. The molecular weight excluding hydrogens is 277 g/mol. The number of aromatic nitrogens is 2. The third-order valence-corrected chi connectivity index (χ3v) is 2.81. The summed E-state index contributed by atoms with van der Waals surface area (Å²) in [5, 5.41) is 8.68. The van der Waals surface area contributed by atoms with Gasteiger partial charge in [-0.25, -0.2) is 4.98 Å². The number of carboxylic acids is 1. The van der Waals surface area contributed by atoms with Crippen LogP contribution in [0.25, 0.3) is 11.0 Å². The van der Waals surface area contributed by atoms with E-state index in [0.717, 1.165) is 10.8 Å². The molecule has 0 aliphatic heterocycles. The normalized spacial score (nSPS) is 13.3. The van der Waals surface area contributed by atoms with Crippen LogP contribution >= 0.6 is 0 Å². The Kier molecular flexibility index (Phi) is 3.47. The first-order chi connectivity index (χ1) is 9.30. The van der Waals surface area contributed by atoms with E-state index in [1.807, 2.05) is 0 Å². The van der Waals surface area contributed by atoms with E-state index in [9.17, 15) is 22.8 Å². The van der Waals surface area contributed by atoms with Crippen LogP contribution in [0.15, 0.2) is 35.3 Å². The van der Waals surface area contributed by atoms with Crippen LogP contribution in [0.3, 0.4) is 0 Å². The molecule has 106 valence electrons. The van der Waals surface area contributed by atoms with Crippen molar-refractivity contribution in [2.45, 2.75) is 12.7 Å². The molecule has 8 heteroatoms. The van der Waals surface area contributed by atoms with Crippen molar-refractivity contribution in [3.05, 3.63) is 40.8 Å². The van der Waals surface area contributed by atoms with Gasteiger partial charge < -0.3 is 9.67 Å². The van der Waals surface area contributed by atoms with Crippen molar-refractivity contribution in [3.63, 3.8) is 0 Å². The van der Waals surface area contributed by atoms with Gasteiger partial charge in [0.05, 0.1) is 17.2 Å². The molecule has 0 amide bonds. The molecule has 0 fully saturated rings. The SMILES string of the molecule is O=C(O)C(Cn1c(=O)cnc2ccccc21)C(F)(F)F. The molecular formula is C12H9F3N2O3. The Balaban J connectivity index is 2.55. The summed E-state index contributed by atoms with van der Waals surface area (Å²) in [5.74, 6) is -4.67. The summed E-state index contributed by atoms with van der Waals surface area (Å²) >= 11 is 0. The molecule has 1 aromatic carbocycles. The number of nitrogens with zero attached hydrogens (tertiary/aromatic N) is 2. The molecule has 1 heterocycles. The van der Waals surface area contributed by atoms with Gasteiger partial charge in [0, 0.05) is 6.54 Å². The lowest BCUT2D eigenvalue weighted by molar-refractivity contribution is -0.195. The van der Waals surface area contributed by atoms with E-state index < -0.39 is 30.2 Å². The number of rotatable bonds is 3. The first kappa shape index (κ1) is 14.0. The summed E-state index contributed by atoms with van der Waals surface area (Å²) in [4.78, 5) is 26.2. The second-order valence-corrected chi connectivity index (χ2v) is 4.13. The van der Waals surface area contributed by atoms with Crippen LogP contribution in [0.1, 0.15) is 0 Å². The van der Waals surface area contributed by atoms with Gasteiger partial charge in [0.25, 0.3) is 5.56 Å². The van der Waals surface area contributed by atoms with Gasteiger partial charge in [-0.1, -0.05) is 12.1 Å². The number of carbonyl (C=O) groups is 1. The lowest BCUT2D eigenvalue weighted by Crippen LogP contribution is -2.37. The van der Waals surface area contributed by atoms with Crippen molar-refractivity contribution >= 4 is 17.0 Å². The Morgan fingerprint density at radius 3 is 2.60 bits per heavy atom. The van der Waals surface area contributed by atoms with Gasteiger partial charge in [0.15, 0.2) is 5.92 Å². The minimum atomic E-state index is -4.93. The number of hydrogen-bond acceptors (Lipinski definition) is 3. The second-order valence-electron chi connectivity index (χ2n) is 4.13. The number of carboxylic acid groups (broad SMARTS) is 1. The van der Waals surface area contributed by atoms with Crippen molar-refractivity contribution in [2.24, 2.45) is 5.92 Å². The van der Waals surface area contributed by atoms with Crippen LogP contribution in [0.2, 0.25) is 0 Å². The fraction of sp³-hybridized carbons (Fsp3) is 0.250. The predicted octanol–water partition coefficient (Wildman–Crippen LogP) is 1.66. The maximum Gasteiger partial charge on any atom is 0.403 e. The van der Waals surface area contributed by atoms with Gasteiger partial charge in [-0.2, -0.15) is 13.2 Å². The summed E-state index contributed by atoms with van der Waals surface area (Å²) in [5.41, 5.74) is -0.298.